The minimum absolute atomic E-state index is 0.171. The molecule has 7 heteroatoms. The Morgan fingerprint density at radius 3 is 2.88 bits per heavy atom. The molecule has 0 fully saturated rings. The highest BCUT2D eigenvalue weighted by Crippen LogP contribution is 2.39. The van der Waals surface area contributed by atoms with Crippen molar-refractivity contribution in [2.75, 3.05) is 18.6 Å². The molecule has 90 valence electrons. The third-order valence-electron chi connectivity index (χ3n) is 2.60. The Bertz CT molecular complexity index is 503. The van der Waals surface area contributed by atoms with Gasteiger partial charge in [-0.2, -0.15) is 0 Å². The largest absolute Gasteiger partial charge is 0.452 e. The number of anilines is 1. The van der Waals surface area contributed by atoms with Gasteiger partial charge in [-0.1, -0.05) is 11.6 Å². The van der Waals surface area contributed by atoms with Gasteiger partial charge in [0.25, 0.3) is 5.69 Å². The van der Waals surface area contributed by atoms with Gasteiger partial charge in [0.05, 0.1) is 12.0 Å². The van der Waals surface area contributed by atoms with E-state index < -0.39 is 11.0 Å². The van der Waals surface area contributed by atoms with Crippen molar-refractivity contribution in [1.29, 1.82) is 0 Å². The number of fused-ring (bicyclic) bond motifs is 1. The van der Waals surface area contributed by atoms with Crippen LogP contribution in [0.25, 0.3) is 0 Å². The van der Waals surface area contributed by atoms with Crippen molar-refractivity contribution in [1.82, 2.24) is 0 Å². The molecule has 1 aliphatic rings. The van der Waals surface area contributed by atoms with Crippen molar-refractivity contribution in [3.8, 4) is 0 Å². The van der Waals surface area contributed by atoms with E-state index >= 15 is 0 Å². The first-order valence-electron chi connectivity index (χ1n) is 4.87. The number of nitrogens with zero attached hydrogens (tertiary/aromatic N) is 2. The van der Waals surface area contributed by atoms with Crippen LogP contribution in [0.5, 0.6) is 0 Å². The standard InChI is InChI=1S/C10H9ClN2O4/c1-17-10(14)12-3-2-6-4-7(11)5-8(9(6)12)13(15)16/h4-5H,2-3H2,1H3. The van der Waals surface area contributed by atoms with Crippen molar-refractivity contribution in [2.45, 2.75) is 6.42 Å². The zero-order valence-electron chi connectivity index (χ0n) is 8.97. The van der Waals surface area contributed by atoms with Gasteiger partial charge in [-0.3, -0.25) is 15.0 Å². The third kappa shape index (κ3) is 1.91. The SMILES string of the molecule is COC(=O)N1CCc2cc(Cl)cc([N+](=O)[O-])c21. The fourth-order valence-electron chi connectivity index (χ4n) is 1.92. The topological polar surface area (TPSA) is 72.7 Å². The Kier molecular flexibility index (Phi) is 2.89. The summed E-state index contributed by atoms with van der Waals surface area (Å²) in [4.78, 5) is 23.1. The van der Waals surface area contributed by atoms with Gasteiger partial charge < -0.3 is 4.74 Å². The van der Waals surface area contributed by atoms with Gasteiger partial charge in [0, 0.05) is 17.6 Å². The van der Waals surface area contributed by atoms with Crippen LogP contribution in [0.1, 0.15) is 5.56 Å². The molecule has 0 N–H and O–H groups in total. The maximum absolute atomic E-state index is 11.5. The van der Waals surface area contributed by atoms with Gasteiger partial charge in [-0.25, -0.2) is 4.79 Å². The molecule has 2 rings (SSSR count). The molecule has 0 unspecified atom stereocenters. The number of hydrogen-bond acceptors (Lipinski definition) is 4. The van der Waals surface area contributed by atoms with Gasteiger partial charge in [0.2, 0.25) is 0 Å². The molecule has 0 aromatic heterocycles. The minimum Gasteiger partial charge on any atom is -0.452 e. The number of benzene rings is 1. The fraction of sp³-hybridized carbons (Fsp3) is 0.300. The predicted octanol–water partition coefficient (Wildman–Crippen LogP) is 2.38. The third-order valence-corrected chi connectivity index (χ3v) is 2.82. The smallest absolute Gasteiger partial charge is 0.414 e. The average Bonchev–Trinajstić information content (AvgIpc) is 2.70. The average molecular weight is 257 g/mol. The summed E-state index contributed by atoms with van der Waals surface area (Å²) in [5.74, 6) is 0. The van der Waals surface area contributed by atoms with Gasteiger partial charge in [0.1, 0.15) is 5.69 Å². The molecule has 0 saturated heterocycles. The first-order chi connectivity index (χ1) is 8.04. The molecular weight excluding hydrogens is 248 g/mol. The number of nitro groups is 1. The van der Waals surface area contributed by atoms with E-state index in [1.54, 1.807) is 6.07 Å². The second kappa shape index (κ2) is 4.21. The van der Waals surface area contributed by atoms with Gasteiger partial charge in [0.15, 0.2) is 0 Å². The molecule has 0 aliphatic carbocycles. The van der Waals surface area contributed by atoms with Gasteiger partial charge in [-0.15, -0.1) is 0 Å². The number of halogens is 1. The van der Waals surface area contributed by atoms with Crippen molar-refractivity contribution < 1.29 is 14.5 Å². The molecule has 0 bridgehead atoms. The predicted molar refractivity (Wildman–Crippen MR) is 61.6 cm³/mol. The van der Waals surface area contributed by atoms with E-state index in [2.05, 4.69) is 4.74 Å². The summed E-state index contributed by atoms with van der Waals surface area (Å²) in [6.45, 7) is 0.364. The second-order valence-electron chi connectivity index (χ2n) is 3.56. The van der Waals surface area contributed by atoms with Crippen LogP contribution in [-0.2, 0) is 11.2 Å². The summed E-state index contributed by atoms with van der Waals surface area (Å²) < 4.78 is 4.59. The lowest BCUT2D eigenvalue weighted by Gasteiger charge is -2.15. The zero-order valence-corrected chi connectivity index (χ0v) is 9.73. The van der Waals surface area contributed by atoms with Crippen molar-refractivity contribution in [2.24, 2.45) is 0 Å². The number of rotatable bonds is 1. The number of carbonyl (C=O) groups excluding carboxylic acids is 1. The van der Waals surface area contributed by atoms with Crippen molar-refractivity contribution in [3.63, 3.8) is 0 Å². The molecule has 0 atom stereocenters. The lowest BCUT2D eigenvalue weighted by atomic mass is 10.1. The van der Waals surface area contributed by atoms with E-state index in [0.717, 1.165) is 0 Å². The number of hydrogen-bond donors (Lipinski definition) is 0. The number of carbonyl (C=O) groups is 1. The number of nitro benzene ring substituents is 1. The van der Waals surface area contributed by atoms with E-state index in [1.165, 1.54) is 18.1 Å². The highest BCUT2D eigenvalue weighted by molar-refractivity contribution is 6.31. The quantitative estimate of drug-likeness (QED) is 0.571. The van der Waals surface area contributed by atoms with Crippen LogP contribution in [0.3, 0.4) is 0 Å². The maximum Gasteiger partial charge on any atom is 0.414 e. The van der Waals surface area contributed by atoms with E-state index in [1.807, 2.05) is 0 Å². The van der Waals surface area contributed by atoms with E-state index in [-0.39, 0.29) is 11.4 Å². The molecule has 1 aromatic rings. The minimum atomic E-state index is -0.603. The molecule has 6 nitrogen and oxygen atoms in total. The van der Waals surface area contributed by atoms with Crippen LogP contribution in [-0.4, -0.2) is 24.7 Å². The van der Waals surface area contributed by atoms with E-state index in [9.17, 15) is 14.9 Å². The van der Waals surface area contributed by atoms with E-state index in [0.29, 0.717) is 23.6 Å². The second-order valence-corrected chi connectivity index (χ2v) is 4.00. The normalized spacial score (nSPS) is 13.4. The van der Waals surface area contributed by atoms with Crippen LogP contribution < -0.4 is 4.90 Å². The number of amides is 1. The van der Waals surface area contributed by atoms with Gasteiger partial charge in [-0.05, 0) is 18.1 Å². The lowest BCUT2D eigenvalue weighted by Crippen LogP contribution is -2.29. The highest BCUT2D eigenvalue weighted by atomic mass is 35.5. The van der Waals surface area contributed by atoms with Crippen LogP contribution >= 0.6 is 11.6 Å². The van der Waals surface area contributed by atoms with Gasteiger partial charge >= 0.3 is 6.09 Å². The Morgan fingerprint density at radius 2 is 2.29 bits per heavy atom. The number of methoxy groups -OCH3 is 1. The molecule has 17 heavy (non-hydrogen) atoms. The zero-order chi connectivity index (χ0) is 12.6. The first kappa shape index (κ1) is 11.7. The highest BCUT2D eigenvalue weighted by Gasteiger charge is 2.33. The van der Waals surface area contributed by atoms with E-state index in [4.69, 9.17) is 11.6 Å². The first-order valence-corrected chi connectivity index (χ1v) is 5.24. The Balaban J connectivity index is 2.57. The van der Waals surface area contributed by atoms with Crippen molar-refractivity contribution in [3.05, 3.63) is 32.8 Å². The summed E-state index contributed by atoms with van der Waals surface area (Å²) in [5, 5.41) is 11.2. The van der Waals surface area contributed by atoms with Crippen LogP contribution in [0.2, 0.25) is 5.02 Å². The van der Waals surface area contributed by atoms with Crippen LogP contribution in [0, 0.1) is 10.1 Å². The Morgan fingerprint density at radius 1 is 1.59 bits per heavy atom. The van der Waals surface area contributed by atoms with Crippen LogP contribution in [0.4, 0.5) is 16.2 Å². The summed E-state index contributed by atoms with van der Waals surface area (Å²) in [7, 11) is 1.24. The maximum atomic E-state index is 11.5. The molecule has 1 amide bonds. The molecular formula is C10H9ClN2O4. The molecule has 0 saturated carbocycles. The summed E-state index contributed by atoms with van der Waals surface area (Å²) in [6, 6.07) is 2.87. The summed E-state index contributed by atoms with van der Waals surface area (Å²) >= 11 is 5.79. The Hall–Kier alpha value is -1.82. The fourth-order valence-corrected chi connectivity index (χ4v) is 2.15. The molecule has 0 spiro atoms. The van der Waals surface area contributed by atoms with Crippen LogP contribution in [0.15, 0.2) is 12.1 Å². The molecule has 1 aliphatic heterocycles. The molecule has 1 aromatic carbocycles. The molecule has 0 radical (unpaired) electrons. The molecule has 1 heterocycles. The summed E-state index contributed by atoms with van der Waals surface area (Å²) in [6.07, 6.45) is -0.0691. The Labute approximate surface area is 102 Å². The summed E-state index contributed by atoms with van der Waals surface area (Å²) in [5.41, 5.74) is 0.802. The monoisotopic (exact) mass is 256 g/mol. The van der Waals surface area contributed by atoms with Crippen molar-refractivity contribution >= 4 is 29.1 Å². The number of ether oxygens (including phenoxy) is 1. The lowest BCUT2D eigenvalue weighted by molar-refractivity contribution is -0.384.